The number of pyridine rings is 1. The highest BCUT2D eigenvalue weighted by Gasteiger charge is 2.26. The van der Waals surface area contributed by atoms with Gasteiger partial charge in [-0.3, -0.25) is 0 Å². The summed E-state index contributed by atoms with van der Waals surface area (Å²) in [6, 6.07) is 11.4. The Morgan fingerprint density at radius 1 is 1.30 bits per heavy atom. The van der Waals surface area contributed by atoms with Crippen molar-refractivity contribution in [2.24, 2.45) is 0 Å². The number of nitrogens with zero attached hydrogens (tertiary/aromatic N) is 4. The third-order valence-corrected chi connectivity index (χ3v) is 3.60. The number of imidazole rings is 1. The number of aromatic nitrogens is 2. The molecule has 2 heterocycles. The zero-order chi connectivity index (χ0) is 16.4. The maximum absolute atomic E-state index is 13.4. The smallest absolute Gasteiger partial charge is 0.358 e. The van der Waals surface area contributed by atoms with Gasteiger partial charge in [0.15, 0.2) is 0 Å². The second-order valence-electron chi connectivity index (χ2n) is 5.09. The fourth-order valence-electron chi connectivity index (χ4n) is 2.54. The molecule has 0 radical (unpaired) electrons. The topological polar surface area (TPSA) is 63.7 Å². The summed E-state index contributed by atoms with van der Waals surface area (Å²) in [6.45, 7) is 2.74. The quantitative estimate of drug-likeness (QED) is 0.535. The van der Waals surface area contributed by atoms with Crippen molar-refractivity contribution in [1.82, 2.24) is 9.38 Å². The zero-order valence-electron chi connectivity index (χ0n) is 12.5. The number of benzene rings is 1. The van der Waals surface area contributed by atoms with Gasteiger partial charge in [0, 0.05) is 19.2 Å². The van der Waals surface area contributed by atoms with E-state index in [9.17, 15) is 14.5 Å². The number of hydrogen-bond donors (Lipinski definition) is 0. The van der Waals surface area contributed by atoms with Crippen molar-refractivity contribution in [3.05, 3.63) is 70.2 Å². The minimum absolute atomic E-state index is 0.0844. The Morgan fingerprint density at radius 2 is 2.13 bits per heavy atom. The Morgan fingerprint density at radius 3 is 2.83 bits per heavy atom. The monoisotopic (exact) mass is 314 g/mol. The minimum Gasteiger partial charge on any atom is -0.358 e. The molecule has 0 atom stereocenters. The molecule has 0 saturated heterocycles. The number of halogens is 1. The van der Waals surface area contributed by atoms with E-state index in [1.165, 1.54) is 16.5 Å². The SMILES string of the molecule is CCN(Cc1cccc(F)c1)c1nc2ccccn2c1[N+](=O)[O-]. The standard InChI is InChI=1S/C16H15FN4O2/c1-2-19(11-12-6-5-7-13(17)10-12)15-16(21(22)23)20-9-4-3-8-14(20)18-15/h3-10H,2,11H2,1H3. The molecule has 0 N–H and O–H groups in total. The Kier molecular flexibility index (Phi) is 3.92. The first-order valence-corrected chi connectivity index (χ1v) is 7.21. The van der Waals surface area contributed by atoms with Crippen molar-refractivity contribution in [2.75, 3.05) is 11.4 Å². The fourth-order valence-corrected chi connectivity index (χ4v) is 2.54. The van der Waals surface area contributed by atoms with Crippen LogP contribution >= 0.6 is 0 Å². The number of anilines is 1. The fraction of sp³-hybridized carbons (Fsp3) is 0.188. The molecule has 0 amide bonds. The molecule has 0 bridgehead atoms. The van der Waals surface area contributed by atoms with Gasteiger partial charge in [-0.05, 0) is 35.6 Å². The minimum atomic E-state index is -0.441. The van der Waals surface area contributed by atoms with E-state index in [0.717, 1.165) is 5.56 Å². The average molecular weight is 314 g/mol. The number of rotatable bonds is 5. The van der Waals surface area contributed by atoms with Crippen LogP contribution in [0, 0.1) is 15.9 Å². The molecule has 2 aromatic heterocycles. The van der Waals surface area contributed by atoms with Crippen molar-refractivity contribution in [3.8, 4) is 0 Å². The summed E-state index contributed by atoms with van der Waals surface area (Å²) in [5.74, 6) is -0.130. The summed E-state index contributed by atoms with van der Waals surface area (Å²) in [5, 5.41) is 11.5. The van der Waals surface area contributed by atoms with E-state index in [2.05, 4.69) is 4.98 Å². The van der Waals surface area contributed by atoms with Gasteiger partial charge in [0.2, 0.25) is 11.5 Å². The normalized spacial score (nSPS) is 10.9. The second kappa shape index (κ2) is 6.04. The summed E-state index contributed by atoms with van der Waals surface area (Å²) >= 11 is 0. The molecule has 0 aliphatic carbocycles. The average Bonchev–Trinajstić information content (AvgIpc) is 2.92. The van der Waals surface area contributed by atoms with E-state index in [1.54, 1.807) is 41.4 Å². The highest BCUT2D eigenvalue weighted by atomic mass is 19.1. The molecule has 3 rings (SSSR count). The number of fused-ring (bicyclic) bond motifs is 1. The van der Waals surface area contributed by atoms with Crippen molar-refractivity contribution < 1.29 is 9.31 Å². The van der Waals surface area contributed by atoms with Crippen molar-refractivity contribution >= 4 is 17.3 Å². The van der Waals surface area contributed by atoms with Gasteiger partial charge in [0.05, 0.1) is 6.20 Å². The number of nitro groups is 1. The molecule has 0 aliphatic rings. The molecule has 6 nitrogen and oxygen atoms in total. The van der Waals surface area contributed by atoms with Gasteiger partial charge < -0.3 is 15.0 Å². The highest BCUT2D eigenvalue weighted by Crippen LogP contribution is 2.29. The van der Waals surface area contributed by atoms with Crippen molar-refractivity contribution in [2.45, 2.75) is 13.5 Å². The molecule has 0 fully saturated rings. The molecule has 118 valence electrons. The highest BCUT2D eigenvalue weighted by molar-refractivity contribution is 5.63. The van der Waals surface area contributed by atoms with E-state index < -0.39 is 4.92 Å². The van der Waals surface area contributed by atoms with Gasteiger partial charge >= 0.3 is 5.82 Å². The summed E-state index contributed by atoms with van der Waals surface area (Å²) in [4.78, 5) is 17.2. The van der Waals surface area contributed by atoms with Crippen LogP contribution in [-0.2, 0) is 6.54 Å². The van der Waals surface area contributed by atoms with Crippen LogP contribution in [0.2, 0.25) is 0 Å². The Bertz CT molecular complexity index is 862. The Balaban J connectivity index is 2.05. The van der Waals surface area contributed by atoms with Crippen molar-refractivity contribution in [1.29, 1.82) is 0 Å². The lowest BCUT2D eigenvalue weighted by Gasteiger charge is -2.20. The first-order valence-electron chi connectivity index (χ1n) is 7.21. The summed E-state index contributed by atoms with van der Waals surface area (Å²) in [6.07, 6.45) is 1.61. The lowest BCUT2D eigenvalue weighted by Crippen LogP contribution is -2.23. The van der Waals surface area contributed by atoms with Crippen LogP contribution in [0.1, 0.15) is 12.5 Å². The van der Waals surface area contributed by atoms with E-state index in [1.807, 2.05) is 6.92 Å². The number of hydrogen-bond acceptors (Lipinski definition) is 4. The maximum atomic E-state index is 13.4. The lowest BCUT2D eigenvalue weighted by molar-refractivity contribution is -0.389. The molecule has 23 heavy (non-hydrogen) atoms. The van der Waals surface area contributed by atoms with Crippen LogP contribution in [0.15, 0.2) is 48.7 Å². The van der Waals surface area contributed by atoms with E-state index in [0.29, 0.717) is 18.7 Å². The largest absolute Gasteiger partial charge is 0.372 e. The van der Waals surface area contributed by atoms with Gasteiger partial charge in [-0.1, -0.05) is 18.2 Å². The van der Waals surface area contributed by atoms with Crippen molar-refractivity contribution in [3.63, 3.8) is 0 Å². The van der Waals surface area contributed by atoms with E-state index in [4.69, 9.17) is 0 Å². The van der Waals surface area contributed by atoms with Gasteiger partial charge in [-0.15, -0.1) is 0 Å². The van der Waals surface area contributed by atoms with E-state index >= 15 is 0 Å². The second-order valence-corrected chi connectivity index (χ2v) is 5.09. The van der Waals surface area contributed by atoms with Gasteiger partial charge in [0.1, 0.15) is 5.82 Å². The summed E-state index contributed by atoms with van der Waals surface area (Å²) < 4.78 is 14.8. The molecule has 0 unspecified atom stereocenters. The van der Waals surface area contributed by atoms with Crippen LogP contribution in [0.5, 0.6) is 0 Å². The predicted molar refractivity (Wildman–Crippen MR) is 85.0 cm³/mol. The van der Waals surface area contributed by atoms with Crippen LogP contribution in [0.4, 0.5) is 16.0 Å². The summed E-state index contributed by atoms with van der Waals surface area (Å²) in [7, 11) is 0. The third-order valence-electron chi connectivity index (χ3n) is 3.60. The first kappa shape index (κ1) is 15.0. The van der Waals surface area contributed by atoms with Crippen LogP contribution < -0.4 is 4.90 Å². The molecule has 0 saturated carbocycles. The molecule has 0 aliphatic heterocycles. The Hall–Kier alpha value is -2.96. The molecule has 7 heteroatoms. The van der Waals surface area contributed by atoms with Crippen LogP contribution in [0.3, 0.4) is 0 Å². The molecular formula is C16H15FN4O2. The molecule has 1 aromatic carbocycles. The zero-order valence-corrected chi connectivity index (χ0v) is 12.5. The first-order chi connectivity index (χ1) is 11.1. The third kappa shape index (κ3) is 2.85. The van der Waals surface area contributed by atoms with Crippen LogP contribution in [-0.4, -0.2) is 20.9 Å². The van der Waals surface area contributed by atoms with E-state index in [-0.39, 0.29) is 17.5 Å². The van der Waals surface area contributed by atoms with Gasteiger partial charge in [0.25, 0.3) is 0 Å². The molecular weight excluding hydrogens is 299 g/mol. The summed E-state index contributed by atoms with van der Waals surface area (Å²) in [5.41, 5.74) is 1.24. The molecule has 3 aromatic rings. The maximum Gasteiger partial charge on any atom is 0.372 e. The lowest BCUT2D eigenvalue weighted by atomic mass is 10.2. The molecule has 0 spiro atoms. The van der Waals surface area contributed by atoms with Gasteiger partial charge in [-0.2, -0.15) is 9.38 Å². The predicted octanol–water partition coefficient (Wildman–Crippen LogP) is 3.41. The Labute approximate surface area is 131 Å². The van der Waals surface area contributed by atoms with Gasteiger partial charge in [-0.25, -0.2) is 4.39 Å². The van der Waals surface area contributed by atoms with Crippen LogP contribution in [0.25, 0.3) is 5.65 Å².